The predicted octanol–water partition coefficient (Wildman–Crippen LogP) is 0.146. The van der Waals surface area contributed by atoms with Crippen molar-refractivity contribution < 1.29 is 9.59 Å². The molecule has 4 aliphatic carbocycles. The van der Waals surface area contributed by atoms with Gasteiger partial charge in [-0.1, -0.05) is 0 Å². The van der Waals surface area contributed by atoms with Crippen LogP contribution in [-0.4, -0.2) is 30.4 Å². The molecule has 0 spiro atoms. The van der Waals surface area contributed by atoms with E-state index in [1.165, 1.54) is 19.3 Å². The first kappa shape index (κ1) is 12.9. The van der Waals surface area contributed by atoms with Crippen molar-refractivity contribution in [1.29, 1.82) is 0 Å². The Morgan fingerprint density at radius 3 is 2.00 bits per heavy atom. The molecule has 0 unspecified atom stereocenters. The molecular formula is C14H23N3O2. The zero-order chi connectivity index (χ0) is 13.5. The minimum atomic E-state index is -0.277. The lowest BCUT2D eigenvalue weighted by Crippen LogP contribution is -2.61. The highest BCUT2D eigenvalue weighted by molar-refractivity contribution is 5.85. The van der Waals surface area contributed by atoms with Crippen molar-refractivity contribution >= 4 is 11.8 Å². The first-order valence-corrected chi connectivity index (χ1v) is 7.36. The van der Waals surface area contributed by atoms with Crippen molar-refractivity contribution in [2.75, 3.05) is 13.1 Å². The van der Waals surface area contributed by atoms with Gasteiger partial charge < -0.3 is 16.4 Å². The number of hydrogen-bond donors (Lipinski definition) is 3. The number of amides is 2. The highest BCUT2D eigenvalue weighted by Gasteiger charge is 2.51. The van der Waals surface area contributed by atoms with Crippen LogP contribution in [-0.2, 0) is 9.59 Å². The summed E-state index contributed by atoms with van der Waals surface area (Å²) < 4.78 is 0. The van der Waals surface area contributed by atoms with E-state index < -0.39 is 0 Å². The van der Waals surface area contributed by atoms with E-state index in [9.17, 15) is 9.59 Å². The van der Waals surface area contributed by atoms with Gasteiger partial charge in [-0.3, -0.25) is 9.59 Å². The fourth-order valence-electron chi connectivity index (χ4n) is 4.85. The summed E-state index contributed by atoms with van der Waals surface area (Å²) in [5.74, 6) is 2.09. The average molecular weight is 265 g/mol. The van der Waals surface area contributed by atoms with E-state index in [0.29, 0.717) is 0 Å². The van der Waals surface area contributed by atoms with Crippen LogP contribution in [0, 0.1) is 17.8 Å². The lowest BCUT2D eigenvalue weighted by molar-refractivity contribution is -0.129. The Balaban J connectivity index is 1.57. The molecule has 0 aromatic heterocycles. The third kappa shape index (κ3) is 2.61. The van der Waals surface area contributed by atoms with Crippen molar-refractivity contribution in [3.63, 3.8) is 0 Å². The quantitative estimate of drug-likeness (QED) is 0.676. The molecule has 106 valence electrons. The van der Waals surface area contributed by atoms with Crippen molar-refractivity contribution in [3.8, 4) is 0 Å². The van der Waals surface area contributed by atoms with Crippen LogP contribution in [0.4, 0.5) is 0 Å². The Hall–Kier alpha value is -1.10. The molecule has 2 amide bonds. The molecule has 5 heteroatoms. The van der Waals surface area contributed by atoms with Gasteiger partial charge >= 0.3 is 0 Å². The summed E-state index contributed by atoms with van der Waals surface area (Å²) in [4.78, 5) is 23.0. The summed E-state index contributed by atoms with van der Waals surface area (Å²) in [6, 6.07) is 0. The fraction of sp³-hybridized carbons (Fsp3) is 0.857. The fourth-order valence-corrected chi connectivity index (χ4v) is 4.85. The molecule has 0 atom stereocenters. The van der Waals surface area contributed by atoms with E-state index in [0.717, 1.165) is 37.0 Å². The third-order valence-electron chi connectivity index (χ3n) is 5.07. The van der Waals surface area contributed by atoms with Crippen LogP contribution in [0.3, 0.4) is 0 Å². The van der Waals surface area contributed by atoms with Gasteiger partial charge in [0.15, 0.2) is 0 Å². The summed E-state index contributed by atoms with van der Waals surface area (Å²) in [7, 11) is 0. The molecule has 4 saturated carbocycles. The Morgan fingerprint density at radius 1 is 1.00 bits per heavy atom. The minimum absolute atomic E-state index is 0.0271. The van der Waals surface area contributed by atoms with Gasteiger partial charge in [-0.2, -0.15) is 0 Å². The lowest BCUT2D eigenvalue weighted by Gasteiger charge is -2.56. The first-order chi connectivity index (χ1) is 9.08. The smallest absolute Gasteiger partial charge is 0.239 e. The highest BCUT2D eigenvalue weighted by atomic mass is 16.2. The summed E-state index contributed by atoms with van der Waals surface area (Å²) in [6.45, 7) is -0.0115. The van der Waals surface area contributed by atoms with Crippen molar-refractivity contribution in [1.82, 2.24) is 10.6 Å². The van der Waals surface area contributed by atoms with Crippen LogP contribution in [0.15, 0.2) is 0 Å². The SMILES string of the molecule is NCC(=O)NCC(=O)NC12CC3CC(CC(C3)C1)C2. The second-order valence-corrected chi connectivity index (χ2v) is 6.73. The lowest BCUT2D eigenvalue weighted by atomic mass is 9.53. The number of carbonyl (C=O) groups excluding carboxylic acids is 2. The zero-order valence-electron chi connectivity index (χ0n) is 11.3. The molecule has 0 heterocycles. The second-order valence-electron chi connectivity index (χ2n) is 6.73. The Morgan fingerprint density at radius 2 is 1.53 bits per heavy atom. The number of nitrogens with two attached hydrogens (primary N) is 1. The van der Waals surface area contributed by atoms with Crippen molar-refractivity contribution in [2.45, 2.75) is 44.1 Å². The maximum absolute atomic E-state index is 12.0. The van der Waals surface area contributed by atoms with E-state index in [1.807, 2.05) is 0 Å². The normalized spacial score (nSPS) is 39.1. The van der Waals surface area contributed by atoms with E-state index in [-0.39, 0.29) is 30.4 Å². The first-order valence-electron chi connectivity index (χ1n) is 7.36. The van der Waals surface area contributed by atoms with Gasteiger partial charge in [-0.15, -0.1) is 0 Å². The summed E-state index contributed by atoms with van der Waals surface area (Å²) in [5.41, 5.74) is 5.23. The molecule has 19 heavy (non-hydrogen) atoms. The molecule has 4 aliphatic rings. The van der Waals surface area contributed by atoms with E-state index in [1.54, 1.807) is 0 Å². The van der Waals surface area contributed by atoms with Crippen molar-refractivity contribution in [3.05, 3.63) is 0 Å². The van der Waals surface area contributed by atoms with Crippen LogP contribution in [0.5, 0.6) is 0 Å². The molecule has 4 rings (SSSR count). The van der Waals surface area contributed by atoms with Crippen LogP contribution >= 0.6 is 0 Å². The van der Waals surface area contributed by atoms with E-state index in [4.69, 9.17) is 5.73 Å². The summed E-state index contributed by atoms with van der Waals surface area (Å²) in [6.07, 6.45) is 7.48. The molecule has 5 nitrogen and oxygen atoms in total. The highest BCUT2D eigenvalue weighted by Crippen LogP contribution is 2.55. The largest absolute Gasteiger partial charge is 0.349 e. The molecular weight excluding hydrogens is 242 g/mol. The predicted molar refractivity (Wildman–Crippen MR) is 71.1 cm³/mol. The monoisotopic (exact) mass is 265 g/mol. The molecule has 0 aliphatic heterocycles. The summed E-state index contributed by atoms with van der Waals surface area (Å²) >= 11 is 0. The van der Waals surface area contributed by atoms with Gasteiger partial charge in [0.2, 0.25) is 11.8 Å². The second kappa shape index (κ2) is 4.78. The number of hydrogen-bond acceptors (Lipinski definition) is 3. The molecule has 4 bridgehead atoms. The van der Waals surface area contributed by atoms with Gasteiger partial charge in [-0.05, 0) is 56.3 Å². The molecule has 0 aromatic carbocycles. The zero-order valence-corrected chi connectivity index (χ0v) is 11.3. The number of nitrogens with one attached hydrogen (secondary N) is 2. The Bertz CT molecular complexity index is 359. The molecule has 0 saturated heterocycles. The maximum Gasteiger partial charge on any atom is 0.239 e. The molecule has 0 aromatic rings. The molecule has 4 fully saturated rings. The van der Waals surface area contributed by atoms with Crippen LogP contribution < -0.4 is 16.4 Å². The average Bonchev–Trinajstić information content (AvgIpc) is 2.33. The van der Waals surface area contributed by atoms with Crippen molar-refractivity contribution in [2.24, 2.45) is 23.5 Å². The van der Waals surface area contributed by atoms with E-state index in [2.05, 4.69) is 10.6 Å². The Kier molecular flexibility index (Phi) is 3.25. The standard InChI is InChI=1S/C14H23N3O2/c15-7-12(18)16-8-13(19)17-14-4-9-1-10(5-14)3-11(2-9)6-14/h9-11H,1-8,15H2,(H,16,18)(H,17,19). The Labute approximate surface area is 113 Å². The maximum atomic E-state index is 12.0. The van der Waals surface area contributed by atoms with Crippen LogP contribution in [0.2, 0.25) is 0 Å². The van der Waals surface area contributed by atoms with Crippen LogP contribution in [0.1, 0.15) is 38.5 Å². The number of rotatable bonds is 4. The van der Waals surface area contributed by atoms with E-state index >= 15 is 0 Å². The van der Waals surface area contributed by atoms with Gasteiger partial charge in [-0.25, -0.2) is 0 Å². The van der Waals surface area contributed by atoms with Gasteiger partial charge in [0.05, 0.1) is 13.1 Å². The minimum Gasteiger partial charge on any atom is -0.349 e. The van der Waals surface area contributed by atoms with Gasteiger partial charge in [0.25, 0.3) is 0 Å². The third-order valence-corrected chi connectivity index (χ3v) is 5.07. The number of carbonyl (C=O) groups is 2. The van der Waals surface area contributed by atoms with Gasteiger partial charge in [0, 0.05) is 5.54 Å². The molecule has 0 radical (unpaired) electrons. The topological polar surface area (TPSA) is 84.2 Å². The van der Waals surface area contributed by atoms with Gasteiger partial charge in [0.1, 0.15) is 0 Å². The summed E-state index contributed by atoms with van der Waals surface area (Å²) in [5, 5.41) is 5.75. The van der Waals surface area contributed by atoms with Crippen LogP contribution in [0.25, 0.3) is 0 Å². The molecule has 4 N–H and O–H groups in total.